The number of hydrogen-bond acceptors (Lipinski definition) is 3. The Kier molecular flexibility index (Phi) is 4.95. The van der Waals surface area contributed by atoms with Gasteiger partial charge in [0.1, 0.15) is 16.9 Å². The Hall–Kier alpha value is -1.92. The van der Waals surface area contributed by atoms with Crippen LogP contribution in [0.25, 0.3) is 0 Å². The summed E-state index contributed by atoms with van der Waals surface area (Å²) in [6.07, 6.45) is 3.98. The van der Waals surface area contributed by atoms with Gasteiger partial charge in [-0.1, -0.05) is 12.1 Å². The summed E-state index contributed by atoms with van der Waals surface area (Å²) < 4.78 is 20.2. The molecule has 0 N–H and O–H groups in total. The van der Waals surface area contributed by atoms with Crippen LogP contribution in [0.1, 0.15) is 31.2 Å². The number of benzene rings is 1. The Labute approximate surface area is 163 Å². The molecule has 2 bridgehead atoms. The number of fused-ring (bicyclic) bond motifs is 2. The van der Waals surface area contributed by atoms with E-state index in [1.807, 2.05) is 17.5 Å². The van der Waals surface area contributed by atoms with E-state index in [4.69, 9.17) is 4.74 Å². The van der Waals surface area contributed by atoms with Crippen LogP contribution in [-0.2, 0) is 11.3 Å². The van der Waals surface area contributed by atoms with Gasteiger partial charge in [-0.15, -0.1) is 11.3 Å². The quantitative estimate of drug-likeness (QED) is 0.703. The van der Waals surface area contributed by atoms with Gasteiger partial charge in [-0.3, -0.25) is 4.90 Å². The number of halogens is 1. The second-order valence-electron chi connectivity index (χ2n) is 8.16. The highest BCUT2D eigenvalue weighted by atomic mass is 32.1. The highest BCUT2D eigenvalue weighted by molar-refractivity contribution is 7.14. The van der Waals surface area contributed by atoms with Crippen molar-refractivity contribution in [2.24, 2.45) is 0 Å². The second-order valence-corrected chi connectivity index (χ2v) is 9.08. The van der Waals surface area contributed by atoms with Crippen LogP contribution in [0.15, 0.2) is 41.8 Å². The predicted molar refractivity (Wildman–Crippen MR) is 105 cm³/mol. The van der Waals surface area contributed by atoms with Crippen molar-refractivity contribution in [2.75, 3.05) is 19.0 Å². The van der Waals surface area contributed by atoms with Crippen LogP contribution in [0, 0.1) is 5.82 Å². The second kappa shape index (κ2) is 7.24. The van der Waals surface area contributed by atoms with Gasteiger partial charge in [0.15, 0.2) is 0 Å². The highest BCUT2D eigenvalue weighted by Crippen LogP contribution is 2.40. The lowest BCUT2D eigenvalue weighted by Gasteiger charge is -2.44. The number of nitrogens with zero attached hydrogens (tertiary/aromatic N) is 2. The maximum Gasteiger partial charge on any atom is 0.415 e. The third-order valence-electron chi connectivity index (χ3n) is 6.30. The Bertz CT molecular complexity index is 775. The fourth-order valence-corrected chi connectivity index (χ4v) is 5.28. The predicted octanol–water partition coefficient (Wildman–Crippen LogP) is 4.80. The van der Waals surface area contributed by atoms with E-state index >= 15 is 0 Å². The SMILES string of the molecule is C[N+]1(C)[C@@H]2CC[C@H]1CC(OC(=O)N(Cc1ccc(F)cc1)c1cccs1)C2. The molecule has 4 rings (SSSR count). The van der Waals surface area contributed by atoms with E-state index in [-0.39, 0.29) is 18.0 Å². The van der Waals surface area contributed by atoms with Crippen molar-refractivity contribution in [3.8, 4) is 0 Å². The molecule has 2 fully saturated rings. The molecule has 1 unspecified atom stereocenters. The largest absolute Gasteiger partial charge is 0.445 e. The number of amides is 1. The molecule has 144 valence electrons. The summed E-state index contributed by atoms with van der Waals surface area (Å²) in [5, 5.41) is 2.79. The number of piperidine rings is 1. The number of thiophene rings is 1. The third-order valence-corrected chi connectivity index (χ3v) is 7.19. The Morgan fingerprint density at radius 1 is 1.19 bits per heavy atom. The van der Waals surface area contributed by atoms with Crippen molar-refractivity contribution in [3.05, 3.63) is 53.2 Å². The van der Waals surface area contributed by atoms with Crippen molar-refractivity contribution in [3.63, 3.8) is 0 Å². The van der Waals surface area contributed by atoms with Crippen molar-refractivity contribution < 1.29 is 18.4 Å². The first-order chi connectivity index (χ1) is 12.9. The average molecular weight is 390 g/mol. The van der Waals surface area contributed by atoms with Gasteiger partial charge < -0.3 is 9.22 Å². The topological polar surface area (TPSA) is 29.5 Å². The molecule has 2 saturated heterocycles. The monoisotopic (exact) mass is 389 g/mol. The molecule has 27 heavy (non-hydrogen) atoms. The van der Waals surface area contributed by atoms with Gasteiger partial charge in [-0.05, 0) is 35.2 Å². The molecule has 1 aromatic carbocycles. The summed E-state index contributed by atoms with van der Waals surface area (Å²) >= 11 is 1.50. The molecular formula is C21H26FN2O2S+. The Morgan fingerprint density at radius 2 is 1.85 bits per heavy atom. The number of carbonyl (C=O) groups excluding carboxylic acids is 1. The van der Waals surface area contributed by atoms with E-state index in [2.05, 4.69) is 14.1 Å². The van der Waals surface area contributed by atoms with Gasteiger partial charge in [-0.25, -0.2) is 9.18 Å². The number of quaternary nitrogens is 1. The zero-order valence-electron chi connectivity index (χ0n) is 15.8. The van der Waals surface area contributed by atoms with E-state index in [0.29, 0.717) is 18.6 Å². The number of carbonyl (C=O) groups is 1. The molecule has 2 aliphatic heterocycles. The molecule has 0 saturated carbocycles. The van der Waals surface area contributed by atoms with Crippen molar-refractivity contribution in [1.82, 2.24) is 0 Å². The summed E-state index contributed by atoms with van der Waals surface area (Å²) in [6, 6.07) is 11.3. The molecule has 2 aromatic rings. The first-order valence-electron chi connectivity index (χ1n) is 9.53. The Morgan fingerprint density at radius 3 is 2.44 bits per heavy atom. The van der Waals surface area contributed by atoms with E-state index in [1.54, 1.807) is 17.0 Å². The molecular weight excluding hydrogens is 363 g/mol. The van der Waals surface area contributed by atoms with E-state index < -0.39 is 0 Å². The van der Waals surface area contributed by atoms with Crippen molar-refractivity contribution >= 4 is 22.4 Å². The smallest absolute Gasteiger partial charge is 0.415 e. The molecule has 4 nitrogen and oxygen atoms in total. The summed E-state index contributed by atoms with van der Waals surface area (Å²) in [4.78, 5) is 14.7. The first-order valence-corrected chi connectivity index (χ1v) is 10.4. The van der Waals surface area contributed by atoms with Gasteiger partial charge in [-0.2, -0.15) is 0 Å². The standard InChI is InChI=1S/C21H26FN2O2S/c1-24(2)17-9-10-18(24)13-19(12-17)26-21(25)23(20-4-3-11-27-20)14-15-5-7-16(22)8-6-15/h3-8,11,17-19H,9-10,12-14H2,1-2H3/q+1/t17-,18+,19?. The lowest BCUT2D eigenvalue weighted by Crippen LogP contribution is -2.56. The lowest BCUT2D eigenvalue weighted by molar-refractivity contribution is -0.931. The number of ether oxygens (including phenoxy) is 1. The fourth-order valence-electron chi connectivity index (χ4n) is 4.56. The van der Waals surface area contributed by atoms with Gasteiger partial charge in [0, 0.05) is 25.7 Å². The van der Waals surface area contributed by atoms with Crippen LogP contribution < -0.4 is 4.90 Å². The molecule has 1 amide bonds. The van der Waals surface area contributed by atoms with Gasteiger partial charge in [0.2, 0.25) is 0 Å². The van der Waals surface area contributed by atoms with Crippen LogP contribution >= 0.6 is 11.3 Å². The minimum Gasteiger partial charge on any atom is -0.445 e. The molecule has 2 aliphatic rings. The lowest BCUT2D eigenvalue weighted by atomic mass is 9.98. The molecule has 0 aliphatic carbocycles. The molecule has 0 spiro atoms. The van der Waals surface area contributed by atoms with E-state index in [9.17, 15) is 9.18 Å². The average Bonchev–Trinajstić information content (AvgIpc) is 3.17. The van der Waals surface area contributed by atoms with E-state index in [0.717, 1.165) is 27.9 Å². The van der Waals surface area contributed by atoms with Crippen LogP contribution in [-0.4, -0.2) is 42.9 Å². The van der Waals surface area contributed by atoms with E-state index in [1.165, 1.54) is 36.3 Å². The Balaban J connectivity index is 1.47. The van der Waals surface area contributed by atoms with Gasteiger partial charge in [0.05, 0.1) is 32.7 Å². The van der Waals surface area contributed by atoms with Gasteiger partial charge >= 0.3 is 6.09 Å². The number of rotatable bonds is 4. The van der Waals surface area contributed by atoms with Crippen LogP contribution in [0.3, 0.4) is 0 Å². The first kappa shape index (κ1) is 18.4. The summed E-state index contributed by atoms with van der Waals surface area (Å²) in [5.74, 6) is -0.276. The minimum atomic E-state index is -0.307. The molecule has 3 heterocycles. The molecule has 0 radical (unpaired) electrons. The van der Waals surface area contributed by atoms with Crippen LogP contribution in [0.4, 0.5) is 14.2 Å². The zero-order chi connectivity index (χ0) is 19.0. The minimum absolute atomic E-state index is 0.0168. The maximum atomic E-state index is 13.2. The fraction of sp³-hybridized carbons (Fsp3) is 0.476. The van der Waals surface area contributed by atoms with Crippen molar-refractivity contribution in [1.29, 1.82) is 0 Å². The normalized spacial score (nSPS) is 26.0. The van der Waals surface area contributed by atoms with Crippen molar-refractivity contribution in [2.45, 2.75) is 50.4 Å². The van der Waals surface area contributed by atoms with Crippen LogP contribution in [0.2, 0.25) is 0 Å². The van der Waals surface area contributed by atoms with Gasteiger partial charge in [0.25, 0.3) is 0 Å². The maximum absolute atomic E-state index is 13.2. The highest BCUT2D eigenvalue weighted by Gasteiger charge is 2.50. The third kappa shape index (κ3) is 3.73. The molecule has 6 heteroatoms. The van der Waals surface area contributed by atoms with Crippen LogP contribution in [0.5, 0.6) is 0 Å². The molecule has 3 atom stereocenters. The zero-order valence-corrected chi connectivity index (χ0v) is 16.6. The number of anilines is 1. The number of hydrogen-bond donors (Lipinski definition) is 0. The molecule has 1 aromatic heterocycles. The summed E-state index contributed by atoms with van der Waals surface area (Å²) in [7, 11) is 4.60. The summed E-state index contributed by atoms with van der Waals surface area (Å²) in [5.41, 5.74) is 0.878. The summed E-state index contributed by atoms with van der Waals surface area (Å²) in [6.45, 7) is 0.376.